The predicted octanol–water partition coefficient (Wildman–Crippen LogP) is 4.07. The van der Waals surface area contributed by atoms with E-state index in [0.717, 1.165) is 11.8 Å². The number of ether oxygens (including phenoxy) is 1. The Morgan fingerprint density at radius 3 is 2.40 bits per heavy atom. The fourth-order valence-electron chi connectivity index (χ4n) is 2.37. The molecule has 0 bridgehead atoms. The van der Waals surface area contributed by atoms with Gasteiger partial charge in [-0.3, -0.25) is 29.3 Å². The van der Waals surface area contributed by atoms with Crippen molar-refractivity contribution in [1.82, 2.24) is 5.06 Å². The van der Waals surface area contributed by atoms with Gasteiger partial charge in [-0.05, 0) is 25.0 Å². The number of hydrogen-bond acceptors (Lipinski definition) is 9. The van der Waals surface area contributed by atoms with Crippen LogP contribution in [0.1, 0.15) is 64.2 Å². The quantitative estimate of drug-likeness (QED) is 0.333. The van der Waals surface area contributed by atoms with Crippen LogP contribution in [0.4, 0.5) is 10.5 Å². The maximum Gasteiger partial charge on any atom is 0.534 e. The van der Waals surface area contributed by atoms with Gasteiger partial charge < -0.3 is 4.74 Å². The molecule has 1 aromatic carbocycles. The average Bonchev–Trinajstić information content (AvgIpc) is 2.69. The summed E-state index contributed by atoms with van der Waals surface area (Å²) < 4.78 is 5.08. The molecule has 0 radical (unpaired) electrons. The van der Waals surface area contributed by atoms with Gasteiger partial charge in [0.05, 0.1) is 10.5 Å². The van der Waals surface area contributed by atoms with Crippen molar-refractivity contribution in [3.63, 3.8) is 0 Å². The maximum absolute atomic E-state index is 12.1. The van der Waals surface area contributed by atoms with Crippen LogP contribution in [0.15, 0.2) is 18.2 Å². The molecule has 0 N–H and O–H groups in total. The number of hydroxylamine groups is 2. The lowest BCUT2D eigenvalue weighted by Crippen LogP contribution is -2.38. The second-order valence-electron chi connectivity index (χ2n) is 6.22. The number of carbonyl (C=O) groups excluding carboxylic acids is 4. The molecule has 10 nitrogen and oxygen atoms in total. The maximum atomic E-state index is 12.1. The van der Waals surface area contributed by atoms with E-state index in [0.29, 0.717) is 22.8 Å². The van der Waals surface area contributed by atoms with Crippen LogP contribution < -0.4 is 0 Å². The molecular weight excluding hydrogens is 416 g/mol. The summed E-state index contributed by atoms with van der Waals surface area (Å²) >= 11 is 1.03. The van der Waals surface area contributed by atoms with Gasteiger partial charge in [-0.2, -0.15) is 0 Å². The normalized spacial score (nSPS) is 11.3. The van der Waals surface area contributed by atoms with E-state index in [1.807, 2.05) is 0 Å². The van der Waals surface area contributed by atoms with Crippen molar-refractivity contribution < 1.29 is 33.7 Å². The Morgan fingerprint density at radius 1 is 1.20 bits per heavy atom. The first-order valence-electron chi connectivity index (χ1n) is 9.25. The third-order valence-electron chi connectivity index (χ3n) is 3.83. The van der Waals surface area contributed by atoms with Gasteiger partial charge in [-0.1, -0.05) is 36.7 Å². The standard InChI is InChI=1S/C19H24N2O8S/c1-5-7-18(24)20(17(23)6-2)29-19(25)28-12(3)15-10-14(11-30-13(4)22)8-9-16(15)21(26)27/h8-10,12H,5-7,11H2,1-4H3. The molecule has 1 aromatic rings. The summed E-state index contributed by atoms with van der Waals surface area (Å²) in [5.41, 5.74) is 0.433. The minimum absolute atomic E-state index is 0.00406. The van der Waals surface area contributed by atoms with Crippen LogP contribution >= 0.6 is 11.8 Å². The molecule has 1 rings (SSSR count). The second-order valence-corrected chi connectivity index (χ2v) is 7.37. The van der Waals surface area contributed by atoms with E-state index in [-0.39, 0.29) is 29.2 Å². The predicted molar refractivity (Wildman–Crippen MR) is 108 cm³/mol. The van der Waals surface area contributed by atoms with Crippen LogP contribution in [0.2, 0.25) is 0 Å². The zero-order valence-corrected chi connectivity index (χ0v) is 18.0. The van der Waals surface area contributed by atoms with Crippen molar-refractivity contribution in [3.05, 3.63) is 39.4 Å². The first-order valence-corrected chi connectivity index (χ1v) is 10.2. The third kappa shape index (κ3) is 7.47. The Kier molecular flexibility index (Phi) is 9.96. The lowest BCUT2D eigenvalue weighted by atomic mass is 10.1. The molecule has 164 valence electrons. The highest BCUT2D eigenvalue weighted by atomic mass is 32.2. The first kappa shape index (κ1) is 25.1. The number of nitro benzene ring substituents is 1. The van der Waals surface area contributed by atoms with Gasteiger partial charge in [-0.15, -0.1) is 0 Å². The number of nitrogens with zero attached hydrogens (tertiary/aromatic N) is 2. The summed E-state index contributed by atoms with van der Waals surface area (Å²) in [5.74, 6) is -1.11. The van der Waals surface area contributed by atoms with Crippen LogP contribution in [-0.2, 0) is 29.7 Å². The van der Waals surface area contributed by atoms with E-state index in [2.05, 4.69) is 0 Å². The summed E-state index contributed by atoms with van der Waals surface area (Å²) in [7, 11) is 0. The molecule has 0 aliphatic heterocycles. The Labute approximate surface area is 178 Å². The van der Waals surface area contributed by atoms with Gasteiger partial charge in [0.2, 0.25) is 0 Å². The number of rotatable bonds is 8. The number of amides is 2. The van der Waals surface area contributed by atoms with Crippen molar-refractivity contribution in [2.75, 3.05) is 0 Å². The number of nitro groups is 1. The molecule has 0 aliphatic carbocycles. The van der Waals surface area contributed by atoms with Crippen molar-refractivity contribution >= 4 is 40.5 Å². The van der Waals surface area contributed by atoms with Crippen LogP contribution in [0.25, 0.3) is 0 Å². The van der Waals surface area contributed by atoms with Crippen molar-refractivity contribution in [3.8, 4) is 0 Å². The molecular formula is C19H24N2O8S. The van der Waals surface area contributed by atoms with Crippen LogP contribution in [-0.4, -0.2) is 33.1 Å². The highest BCUT2D eigenvalue weighted by molar-refractivity contribution is 8.12. The summed E-state index contributed by atoms with van der Waals surface area (Å²) in [6.07, 6.45) is -2.08. The van der Waals surface area contributed by atoms with Crippen LogP contribution in [0.5, 0.6) is 0 Å². The molecule has 1 unspecified atom stereocenters. The minimum Gasteiger partial charge on any atom is -0.425 e. The van der Waals surface area contributed by atoms with Gasteiger partial charge in [-0.25, -0.2) is 4.79 Å². The summed E-state index contributed by atoms with van der Waals surface area (Å²) in [6, 6.07) is 4.23. The number of hydrogen-bond donors (Lipinski definition) is 0. The van der Waals surface area contributed by atoms with Gasteiger partial charge in [0.15, 0.2) is 5.12 Å². The Balaban J connectivity index is 3.01. The van der Waals surface area contributed by atoms with Crippen molar-refractivity contribution in [2.45, 2.75) is 58.8 Å². The molecule has 0 heterocycles. The fourth-order valence-corrected chi connectivity index (χ4v) is 2.92. The molecule has 0 saturated heterocycles. The van der Waals surface area contributed by atoms with E-state index in [1.54, 1.807) is 6.92 Å². The Bertz CT molecular complexity index is 827. The topological polar surface area (TPSA) is 133 Å². The zero-order chi connectivity index (χ0) is 22.8. The molecule has 0 spiro atoms. The van der Waals surface area contributed by atoms with E-state index < -0.39 is 29.0 Å². The molecule has 30 heavy (non-hydrogen) atoms. The Hall–Kier alpha value is -2.95. The highest BCUT2D eigenvalue weighted by Gasteiger charge is 2.28. The van der Waals surface area contributed by atoms with E-state index >= 15 is 0 Å². The zero-order valence-electron chi connectivity index (χ0n) is 17.2. The van der Waals surface area contributed by atoms with E-state index in [4.69, 9.17) is 9.57 Å². The van der Waals surface area contributed by atoms with E-state index in [1.165, 1.54) is 39.0 Å². The van der Waals surface area contributed by atoms with Gasteiger partial charge in [0, 0.05) is 31.6 Å². The first-order chi connectivity index (χ1) is 14.1. The largest absolute Gasteiger partial charge is 0.534 e. The van der Waals surface area contributed by atoms with E-state index in [9.17, 15) is 29.3 Å². The SMILES string of the molecule is CCCC(=O)N(OC(=O)OC(C)c1cc(CSC(C)=O)ccc1[N+](=O)[O-])C(=O)CC. The fraction of sp³-hybridized carbons (Fsp3) is 0.474. The second kappa shape index (κ2) is 11.9. The number of thioether (sulfide) groups is 1. The lowest BCUT2D eigenvalue weighted by molar-refractivity contribution is -0.386. The van der Waals surface area contributed by atoms with Gasteiger partial charge in [0.1, 0.15) is 6.10 Å². The lowest BCUT2D eigenvalue weighted by Gasteiger charge is -2.20. The van der Waals surface area contributed by atoms with Crippen molar-refractivity contribution in [1.29, 1.82) is 0 Å². The van der Waals surface area contributed by atoms with Crippen LogP contribution in [0.3, 0.4) is 0 Å². The highest BCUT2D eigenvalue weighted by Crippen LogP contribution is 2.30. The monoisotopic (exact) mass is 440 g/mol. The molecule has 11 heteroatoms. The average molecular weight is 440 g/mol. The Morgan fingerprint density at radius 2 is 1.87 bits per heavy atom. The number of carbonyl (C=O) groups is 4. The molecule has 1 atom stereocenters. The smallest absolute Gasteiger partial charge is 0.425 e. The molecule has 0 aromatic heterocycles. The molecule has 0 saturated carbocycles. The number of benzene rings is 1. The molecule has 0 fully saturated rings. The summed E-state index contributed by atoms with van der Waals surface area (Å²) in [4.78, 5) is 62.7. The number of imide groups is 1. The van der Waals surface area contributed by atoms with Gasteiger partial charge in [0.25, 0.3) is 17.5 Å². The van der Waals surface area contributed by atoms with Gasteiger partial charge >= 0.3 is 6.16 Å². The summed E-state index contributed by atoms with van der Waals surface area (Å²) in [6.45, 7) is 6.02. The van der Waals surface area contributed by atoms with Crippen LogP contribution in [0, 0.1) is 10.1 Å². The molecule has 2 amide bonds. The molecule has 0 aliphatic rings. The van der Waals surface area contributed by atoms with Crippen molar-refractivity contribution in [2.24, 2.45) is 0 Å². The third-order valence-corrected chi connectivity index (χ3v) is 4.71. The summed E-state index contributed by atoms with van der Waals surface area (Å²) in [5, 5.41) is 11.6. The minimum atomic E-state index is -1.34.